The number of halogens is 1. The number of benzene rings is 2. The highest BCUT2D eigenvalue weighted by molar-refractivity contribution is 9.09. The van der Waals surface area contributed by atoms with Crippen molar-refractivity contribution in [1.29, 1.82) is 0 Å². The van der Waals surface area contributed by atoms with Gasteiger partial charge in [-0.25, -0.2) is 0 Å². The van der Waals surface area contributed by atoms with Crippen molar-refractivity contribution in [3.8, 4) is 11.5 Å². The average molecular weight is 360 g/mol. The Balaban J connectivity index is 1.89. The number of ketones is 1. The highest BCUT2D eigenvalue weighted by Gasteiger charge is 2.19. The molecule has 2 aromatic carbocycles. The van der Waals surface area contributed by atoms with Gasteiger partial charge in [0.2, 0.25) is 0 Å². The molecule has 0 saturated carbocycles. The summed E-state index contributed by atoms with van der Waals surface area (Å²) in [5.41, 5.74) is 2.18. The molecule has 0 spiro atoms. The molecule has 0 atom stereocenters. The summed E-state index contributed by atoms with van der Waals surface area (Å²) in [5, 5.41) is 0.231. The Bertz CT molecular complexity index is 713. The van der Waals surface area contributed by atoms with E-state index in [1.54, 1.807) is 18.3 Å². The van der Waals surface area contributed by atoms with Gasteiger partial charge in [-0.05, 0) is 11.6 Å². The van der Waals surface area contributed by atoms with Gasteiger partial charge in [-0.3, -0.25) is 9.79 Å². The second kappa shape index (κ2) is 6.75. The molecule has 2 aromatic rings. The maximum Gasteiger partial charge on any atom is 0.177 e. The van der Waals surface area contributed by atoms with Gasteiger partial charge in [0.15, 0.2) is 11.5 Å². The quantitative estimate of drug-likeness (QED) is 0.600. The van der Waals surface area contributed by atoms with Crippen molar-refractivity contribution < 1.29 is 14.3 Å². The van der Waals surface area contributed by atoms with Crippen LogP contribution in [-0.4, -0.2) is 23.9 Å². The van der Waals surface area contributed by atoms with Crippen LogP contribution >= 0.6 is 15.9 Å². The molecule has 5 heteroatoms. The summed E-state index contributed by atoms with van der Waals surface area (Å²) < 4.78 is 11.3. The van der Waals surface area contributed by atoms with E-state index in [0.29, 0.717) is 36.0 Å². The molecule has 1 heterocycles. The lowest BCUT2D eigenvalue weighted by molar-refractivity contribution is 0.102. The summed E-state index contributed by atoms with van der Waals surface area (Å²) >= 11 is 3.20. The fraction of sp³-hybridized carbons (Fsp3) is 0.176. The van der Waals surface area contributed by atoms with Crippen LogP contribution in [-0.2, 0) is 6.61 Å². The van der Waals surface area contributed by atoms with Gasteiger partial charge in [-0.1, -0.05) is 46.3 Å². The van der Waals surface area contributed by atoms with Crippen LogP contribution in [0.15, 0.2) is 47.5 Å². The van der Waals surface area contributed by atoms with Crippen molar-refractivity contribution in [2.24, 2.45) is 4.99 Å². The molecule has 112 valence electrons. The first-order chi connectivity index (χ1) is 10.8. The van der Waals surface area contributed by atoms with Gasteiger partial charge in [0, 0.05) is 12.3 Å². The Hall–Kier alpha value is -2.14. The molecule has 1 aliphatic heterocycles. The number of rotatable bonds is 5. The molecule has 0 N–H and O–H groups in total. The first kappa shape index (κ1) is 14.8. The third-order valence-electron chi connectivity index (χ3n) is 3.25. The van der Waals surface area contributed by atoms with Gasteiger partial charge in [-0.2, -0.15) is 0 Å². The molecule has 0 bridgehead atoms. The molecule has 22 heavy (non-hydrogen) atoms. The molecule has 0 fully saturated rings. The molecule has 0 aromatic heterocycles. The number of fused-ring (bicyclic) bond motifs is 1. The Morgan fingerprint density at radius 1 is 1.27 bits per heavy atom. The fourth-order valence-electron chi connectivity index (χ4n) is 2.19. The molecule has 4 nitrogen and oxygen atoms in total. The number of aliphatic imine (C=N–C) groups is 1. The summed E-state index contributed by atoms with van der Waals surface area (Å²) in [7, 11) is 0. The van der Waals surface area contributed by atoms with Crippen molar-refractivity contribution in [1.82, 2.24) is 0 Å². The predicted molar refractivity (Wildman–Crippen MR) is 89.0 cm³/mol. The number of nitrogens with zero attached hydrogens (tertiary/aromatic N) is 1. The fourth-order valence-corrected chi connectivity index (χ4v) is 2.50. The summed E-state index contributed by atoms with van der Waals surface area (Å²) in [4.78, 5) is 16.4. The normalized spacial score (nSPS) is 12.4. The topological polar surface area (TPSA) is 47.9 Å². The van der Waals surface area contributed by atoms with Crippen molar-refractivity contribution in [3.05, 3.63) is 53.6 Å². The number of hydrogen-bond donors (Lipinski definition) is 0. The van der Waals surface area contributed by atoms with Gasteiger partial charge < -0.3 is 9.47 Å². The van der Waals surface area contributed by atoms with Gasteiger partial charge >= 0.3 is 0 Å². The number of Topliss-reactive ketones (excluding diaryl/α,β-unsaturated/α-hetero) is 1. The summed E-state index contributed by atoms with van der Waals surface area (Å²) in [5.74, 6) is 1.08. The average Bonchev–Trinajstić information content (AvgIpc) is 2.59. The largest absolute Gasteiger partial charge is 0.489 e. The lowest BCUT2D eigenvalue weighted by Gasteiger charge is -2.17. The van der Waals surface area contributed by atoms with E-state index in [-0.39, 0.29) is 11.1 Å². The van der Waals surface area contributed by atoms with E-state index < -0.39 is 0 Å². The highest BCUT2D eigenvalue weighted by atomic mass is 79.9. The Morgan fingerprint density at radius 3 is 2.86 bits per heavy atom. The molecule has 3 rings (SSSR count). The van der Waals surface area contributed by atoms with Gasteiger partial charge in [-0.15, -0.1) is 0 Å². The minimum atomic E-state index is -0.0569. The van der Waals surface area contributed by atoms with Crippen LogP contribution in [0.1, 0.15) is 15.9 Å². The first-order valence-electron chi connectivity index (χ1n) is 6.87. The molecular formula is C17H14BrNO3. The standard InChI is InChI=1S/C17H14BrNO3/c18-10-16(20)14-8-13(9-15-17(14)21-7-6-19-15)22-11-12-4-2-1-3-5-12/h1-6,8-9H,7,10-11H2. The maximum absolute atomic E-state index is 12.1. The number of hydrogen-bond acceptors (Lipinski definition) is 4. The van der Waals surface area contributed by atoms with E-state index in [1.807, 2.05) is 30.3 Å². The van der Waals surface area contributed by atoms with E-state index in [4.69, 9.17) is 9.47 Å². The van der Waals surface area contributed by atoms with Gasteiger partial charge in [0.25, 0.3) is 0 Å². The third-order valence-corrected chi connectivity index (χ3v) is 3.75. The first-order valence-corrected chi connectivity index (χ1v) is 7.99. The summed E-state index contributed by atoms with van der Waals surface area (Å²) in [6.07, 6.45) is 1.67. The smallest absolute Gasteiger partial charge is 0.177 e. The highest BCUT2D eigenvalue weighted by Crippen LogP contribution is 2.38. The monoisotopic (exact) mass is 359 g/mol. The molecule has 0 unspecified atom stereocenters. The van der Waals surface area contributed by atoms with Crippen LogP contribution in [0.25, 0.3) is 0 Å². The number of ether oxygens (including phenoxy) is 2. The number of carbonyl (C=O) groups excluding carboxylic acids is 1. The molecule has 1 aliphatic rings. The van der Waals surface area contributed by atoms with Crippen molar-refractivity contribution in [3.63, 3.8) is 0 Å². The molecule has 0 radical (unpaired) electrons. The summed E-state index contributed by atoms with van der Waals surface area (Å²) in [6, 6.07) is 13.4. The Morgan fingerprint density at radius 2 is 2.09 bits per heavy atom. The van der Waals surface area contributed by atoms with Crippen LogP contribution in [0.3, 0.4) is 0 Å². The van der Waals surface area contributed by atoms with E-state index in [2.05, 4.69) is 20.9 Å². The SMILES string of the molecule is O=C(CBr)c1cc(OCc2ccccc2)cc2c1OCC=N2. The zero-order chi connectivity index (χ0) is 15.4. The molecular weight excluding hydrogens is 346 g/mol. The zero-order valence-corrected chi connectivity index (χ0v) is 13.4. The maximum atomic E-state index is 12.1. The van der Waals surface area contributed by atoms with Gasteiger partial charge in [0.05, 0.1) is 10.9 Å². The molecule has 0 amide bonds. The Labute approximate surface area is 136 Å². The van der Waals surface area contributed by atoms with Crippen LogP contribution < -0.4 is 9.47 Å². The van der Waals surface area contributed by atoms with Crippen LogP contribution in [0.5, 0.6) is 11.5 Å². The van der Waals surface area contributed by atoms with Crippen LogP contribution in [0, 0.1) is 0 Å². The van der Waals surface area contributed by atoms with E-state index in [9.17, 15) is 4.79 Å². The van der Waals surface area contributed by atoms with Crippen LogP contribution in [0.4, 0.5) is 5.69 Å². The lowest BCUT2D eigenvalue weighted by Crippen LogP contribution is -2.10. The number of alkyl halides is 1. The third kappa shape index (κ3) is 3.20. The van der Waals surface area contributed by atoms with Crippen molar-refractivity contribution in [2.75, 3.05) is 11.9 Å². The van der Waals surface area contributed by atoms with Crippen molar-refractivity contribution in [2.45, 2.75) is 6.61 Å². The lowest BCUT2D eigenvalue weighted by atomic mass is 10.1. The van der Waals surface area contributed by atoms with E-state index >= 15 is 0 Å². The predicted octanol–water partition coefficient (Wildman–Crippen LogP) is 3.94. The van der Waals surface area contributed by atoms with Crippen molar-refractivity contribution >= 4 is 33.6 Å². The zero-order valence-electron chi connectivity index (χ0n) is 11.8. The molecule has 0 saturated heterocycles. The minimum absolute atomic E-state index is 0.0569. The minimum Gasteiger partial charge on any atom is -0.489 e. The van der Waals surface area contributed by atoms with Gasteiger partial charge in [0.1, 0.15) is 24.7 Å². The second-order valence-corrected chi connectivity index (χ2v) is 5.33. The second-order valence-electron chi connectivity index (χ2n) is 4.77. The van der Waals surface area contributed by atoms with Crippen LogP contribution in [0.2, 0.25) is 0 Å². The Kier molecular flexibility index (Phi) is 4.53. The van der Waals surface area contributed by atoms with E-state index in [1.165, 1.54) is 0 Å². The molecule has 0 aliphatic carbocycles. The number of carbonyl (C=O) groups is 1. The summed E-state index contributed by atoms with van der Waals surface area (Å²) in [6.45, 7) is 0.811. The van der Waals surface area contributed by atoms with E-state index in [0.717, 1.165) is 5.56 Å².